The lowest BCUT2D eigenvalue weighted by Gasteiger charge is -2.30. The SMILES string of the molecule is CCCOc1ccc(S(=O)(=O)Nc2ccc3c(c2)CN(C(=O)C(C)C)CC3)cc1. The Bertz CT molecular complexity index is 969. The maximum Gasteiger partial charge on any atom is 0.261 e. The quantitative estimate of drug-likeness (QED) is 0.745. The lowest BCUT2D eigenvalue weighted by molar-refractivity contribution is -0.135. The molecule has 1 amide bonds. The minimum absolute atomic E-state index is 0.0532. The molecule has 3 rings (SSSR count). The van der Waals surface area contributed by atoms with Crippen LogP contribution < -0.4 is 9.46 Å². The largest absolute Gasteiger partial charge is 0.494 e. The monoisotopic (exact) mass is 416 g/mol. The Hall–Kier alpha value is -2.54. The third-order valence-electron chi connectivity index (χ3n) is 4.88. The van der Waals surface area contributed by atoms with Crippen molar-refractivity contribution < 1.29 is 17.9 Å². The van der Waals surface area contributed by atoms with Crippen LogP contribution in [0.25, 0.3) is 0 Å². The smallest absolute Gasteiger partial charge is 0.261 e. The zero-order valence-electron chi connectivity index (χ0n) is 17.1. The summed E-state index contributed by atoms with van der Waals surface area (Å²) in [6.45, 7) is 7.59. The molecule has 0 saturated carbocycles. The Labute approximate surface area is 172 Å². The molecular formula is C22H28N2O4S. The van der Waals surface area contributed by atoms with Crippen LogP contribution in [0.3, 0.4) is 0 Å². The van der Waals surface area contributed by atoms with Gasteiger partial charge < -0.3 is 9.64 Å². The molecule has 0 radical (unpaired) electrons. The van der Waals surface area contributed by atoms with Crippen molar-refractivity contribution in [3.63, 3.8) is 0 Å². The number of ether oxygens (including phenoxy) is 1. The highest BCUT2D eigenvalue weighted by atomic mass is 32.2. The molecule has 6 nitrogen and oxygen atoms in total. The molecule has 0 saturated heterocycles. The van der Waals surface area contributed by atoms with Gasteiger partial charge in [-0.1, -0.05) is 26.8 Å². The van der Waals surface area contributed by atoms with Crippen molar-refractivity contribution in [3.05, 3.63) is 53.6 Å². The standard InChI is InChI=1S/C22H28N2O4S/c1-4-13-28-20-7-9-21(10-8-20)29(26,27)23-19-6-5-17-11-12-24(15-18(17)14-19)22(25)16(2)3/h5-10,14,16,23H,4,11-13,15H2,1-3H3. The van der Waals surface area contributed by atoms with E-state index < -0.39 is 10.0 Å². The average Bonchev–Trinajstić information content (AvgIpc) is 2.71. The fourth-order valence-electron chi connectivity index (χ4n) is 3.32. The van der Waals surface area contributed by atoms with Crippen LogP contribution in [0.4, 0.5) is 5.69 Å². The van der Waals surface area contributed by atoms with E-state index in [1.165, 1.54) is 12.1 Å². The van der Waals surface area contributed by atoms with Gasteiger partial charge in [-0.25, -0.2) is 8.42 Å². The fourth-order valence-corrected chi connectivity index (χ4v) is 4.37. The van der Waals surface area contributed by atoms with Crippen LogP contribution in [0.15, 0.2) is 47.4 Å². The summed E-state index contributed by atoms with van der Waals surface area (Å²) in [5.74, 6) is 0.712. The molecular weight excluding hydrogens is 388 g/mol. The van der Waals surface area contributed by atoms with Gasteiger partial charge >= 0.3 is 0 Å². The number of hydrogen-bond donors (Lipinski definition) is 1. The number of rotatable bonds is 7. The minimum Gasteiger partial charge on any atom is -0.494 e. The summed E-state index contributed by atoms with van der Waals surface area (Å²) in [7, 11) is -3.71. The summed E-state index contributed by atoms with van der Waals surface area (Å²) in [6.07, 6.45) is 1.67. The number of sulfonamides is 1. The van der Waals surface area contributed by atoms with Crippen LogP contribution in [0.2, 0.25) is 0 Å². The number of anilines is 1. The van der Waals surface area contributed by atoms with Gasteiger partial charge in [-0.15, -0.1) is 0 Å². The highest BCUT2D eigenvalue weighted by Crippen LogP contribution is 2.26. The molecule has 1 aliphatic rings. The number of hydrogen-bond acceptors (Lipinski definition) is 4. The van der Waals surface area contributed by atoms with Gasteiger partial charge in [-0.3, -0.25) is 9.52 Å². The van der Waals surface area contributed by atoms with Gasteiger partial charge in [0, 0.05) is 24.7 Å². The third-order valence-corrected chi connectivity index (χ3v) is 6.28. The summed E-state index contributed by atoms with van der Waals surface area (Å²) >= 11 is 0. The van der Waals surface area contributed by atoms with E-state index in [-0.39, 0.29) is 16.7 Å². The molecule has 0 fully saturated rings. The van der Waals surface area contributed by atoms with Gasteiger partial charge in [0.2, 0.25) is 5.91 Å². The zero-order valence-corrected chi connectivity index (χ0v) is 18.0. The van der Waals surface area contributed by atoms with Crippen LogP contribution >= 0.6 is 0 Å². The summed E-state index contributed by atoms with van der Waals surface area (Å²) in [6, 6.07) is 11.9. The van der Waals surface area contributed by atoms with E-state index >= 15 is 0 Å². The molecule has 1 aliphatic heterocycles. The predicted octanol–water partition coefficient (Wildman–Crippen LogP) is 3.82. The number of carbonyl (C=O) groups is 1. The van der Waals surface area contributed by atoms with Gasteiger partial charge in [0.1, 0.15) is 5.75 Å². The van der Waals surface area contributed by atoms with Crippen LogP contribution in [0, 0.1) is 5.92 Å². The Balaban J connectivity index is 1.75. The number of amides is 1. The van der Waals surface area contributed by atoms with Crippen LogP contribution in [-0.4, -0.2) is 32.4 Å². The number of carbonyl (C=O) groups excluding carboxylic acids is 1. The van der Waals surface area contributed by atoms with Crippen molar-refractivity contribution in [1.82, 2.24) is 4.90 Å². The van der Waals surface area contributed by atoms with E-state index in [4.69, 9.17) is 4.74 Å². The third kappa shape index (κ3) is 5.09. The zero-order chi connectivity index (χ0) is 21.0. The molecule has 2 aromatic rings. The van der Waals surface area contributed by atoms with E-state index in [1.54, 1.807) is 18.2 Å². The second-order valence-corrected chi connectivity index (χ2v) is 9.26. The Kier molecular flexibility index (Phi) is 6.47. The van der Waals surface area contributed by atoms with Crippen molar-refractivity contribution in [3.8, 4) is 5.75 Å². The summed E-state index contributed by atoms with van der Waals surface area (Å²) < 4.78 is 33.6. The Morgan fingerprint density at radius 2 is 1.86 bits per heavy atom. The number of nitrogens with zero attached hydrogens (tertiary/aromatic N) is 1. The molecule has 1 N–H and O–H groups in total. The lowest BCUT2D eigenvalue weighted by Crippen LogP contribution is -2.38. The topological polar surface area (TPSA) is 75.7 Å². The van der Waals surface area contributed by atoms with E-state index in [9.17, 15) is 13.2 Å². The van der Waals surface area contributed by atoms with Crippen molar-refractivity contribution in [2.75, 3.05) is 17.9 Å². The number of benzene rings is 2. The molecule has 0 aromatic heterocycles. The summed E-state index contributed by atoms with van der Waals surface area (Å²) in [5, 5.41) is 0. The minimum atomic E-state index is -3.71. The molecule has 0 unspecified atom stereocenters. The van der Waals surface area contributed by atoms with Gasteiger partial charge in [0.15, 0.2) is 0 Å². The first kappa shape index (κ1) is 21.2. The summed E-state index contributed by atoms with van der Waals surface area (Å²) in [4.78, 5) is 14.3. The molecule has 0 atom stereocenters. The van der Waals surface area contributed by atoms with E-state index in [0.29, 0.717) is 31.1 Å². The molecule has 156 valence electrons. The molecule has 2 aromatic carbocycles. The maximum atomic E-state index is 12.7. The van der Waals surface area contributed by atoms with Crippen LogP contribution in [-0.2, 0) is 27.8 Å². The first-order valence-corrected chi connectivity index (χ1v) is 11.4. The highest BCUT2D eigenvalue weighted by Gasteiger charge is 2.23. The maximum absolute atomic E-state index is 12.7. The molecule has 7 heteroatoms. The van der Waals surface area contributed by atoms with Crippen molar-refractivity contribution in [1.29, 1.82) is 0 Å². The summed E-state index contributed by atoms with van der Waals surface area (Å²) in [5.41, 5.74) is 2.63. The highest BCUT2D eigenvalue weighted by molar-refractivity contribution is 7.92. The van der Waals surface area contributed by atoms with Crippen LogP contribution in [0.5, 0.6) is 5.75 Å². The van der Waals surface area contributed by atoms with Crippen molar-refractivity contribution in [2.45, 2.75) is 45.1 Å². The average molecular weight is 417 g/mol. The van der Waals surface area contributed by atoms with Crippen molar-refractivity contribution >= 4 is 21.6 Å². The van der Waals surface area contributed by atoms with Gasteiger partial charge in [-0.05, 0) is 60.4 Å². The Morgan fingerprint density at radius 1 is 1.14 bits per heavy atom. The van der Waals surface area contributed by atoms with E-state index in [1.807, 2.05) is 37.8 Å². The first-order valence-electron chi connectivity index (χ1n) is 9.96. The fraction of sp³-hybridized carbons (Fsp3) is 0.409. The van der Waals surface area contributed by atoms with E-state index in [0.717, 1.165) is 24.0 Å². The normalized spacial score (nSPS) is 13.9. The first-order chi connectivity index (χ1) is 13.8. The van der Waals surface area contributed by atoms with Gasteiger partial charge in [-0.2, -0.15) is 0 Å². The van der Waals surface area contributed by atoms with Crippen LogP contribution in [0.1, 0.15) is 38.3 Å². The second-order valence-electron chi connectivity index (χ2n) is 7.57. The van der Waals surface area contributed by atoms with E-state index in [2.05, 4.69) is 4.72 Å². The molecule has 0 spiro atoms. The van der Waals surface area contributed by atoms with Gasteiger partial charge in [0.05, 0.1) is 11.5 Å². The molecule has 0 bridgehead atoms. The predicted molar refractivity (Wildman–Crippen MR) is 113 cm³/mol. The molecule has 29 heavy (non-hydrogen) atoms. The lowest BCUT2D eigenvalue weighted by atomic mass is 9.98. The molecule has 1 heterocycles. The second kappa shape index (κ2) is 8.86. The molecule has 0 aliphatic carbocycles. The Morgan fingerprint density at radius 3 is 2.52 bits per heavy atom. The van der Waals surface area contributed by atoms with Crippen molar-refractivity contribution in [2.24, 2.45) is 5.92 Å². The number of nitrogens with one attached hydrogen (secondary N) is 1. The number of fused-ring (bicyclic) bond motifs is 1. The van der Waals surface area contributed by atoms with Gasteiger partial charge in [0.25, 0.3) is 10.0 Å².